The third kappa shape index (κ3) is 4.33. The molecule has 0 fully saturated rings. The van der Waals surface area contributed by atoms with Gasteiger partial charge in [-0.05, 0) is 6.42 Å². The van der Waals surface area contributed by atoms with Gasteiger partial charge in [0.1, 0.15) is 0 Å². The number of amidine groups is 1. The molecule has 0 bridgehead atoms. The first kappa shape index (κ1) is 8.82. The largest absolute Gasteiger partial charge is 0.379 e. The zero-order valence-electron chi connectivity index (χ0n) is 6.19. The summed E-state index contributed by atoms with van der Waals surface area (Å²) in [6, 6.07) is 0. The molecule has 0 saturated heterocycles. The summed E-state index contributed by atoms with van der Waals surface area (Å²) in [7, 11) is 0. The molecule has 0 atom stereocenters. The van der Waals surface area contributed by atoms with Gasteiger partial charge < -0.3 is 5.73 Å². The molecule has 0 saturated carbocycles. The second-order valence-corrected chi connectivity index (χ2v) is 4.33. The molecule has 2 nitrogen and oxygen atoms in total. The molecule has 0 aromatic heterocycles. The van der Waals surface area contributed by atoms with Crippen LogP contribution in [-0.4, -0.2) is 9.91 Å². The predicted octanol–water partition coefficient (Wildman–Crippen LogP) is 1.80. The molecule has 9 heavy (non-hydrogen) atoms. The molecule has 3 heteroatoms. The van der Waals surface area contributed by atoms with E-state index < -0.39 is 0 Å². The van der Waals surface area contributed by atoms with Gasteiger partial charge in [-0.3, -0.25) is 5.41 Å². The second kappa shape index (κ2) is 3.11. The van der Waals surface area contributed by atoms with Gasteiger partial charge in [0.2, 0.25) is 0 Å². The first-order valence-corrected chi connectivity index (χ1v) is 3.82. The topological polar surface area (TPSA) is 49.9 Å². The molecule has 0 radical (unpaired) electrons. The fraction of sp³-hybridized carbons (Fsp3) is 0.833. The van der Waals surface area contributed by atoms with E-state index >= 15 is 0 Å². The molecule has 0 rings (SSSR count). The molecular weight excluding hydrogens is 132 g/mol. The van der Waals surface area contributed by atoms with Crippen LogP contribution in [0, 0.1) is 5.41 Å². The summed E-state index contributed by atoms with van der Waals surface area (Å²) in [5.41, 5.74) is 5.20. The van der Waals surface area contributed by atoms with E-state index in [9.17, 15) is 0 Å². The van der Waals surface area contributed by atoms with E-state index in [-0.39, 0.29) is 9.91 Å². The Hall–Kier alpha value is -0.180. The molecule has 0 aromatic rings. The Morgan fingerprint density at radius 2 is 2.11 bits per heavy atom. The monoisotopic (exact) mass is 146 g/mol. The van der Waals surface area contributed by atoms with Gasteiger partial charge in [0.25, 0.3) is 0 Å². The van der Waals surface area contributed by atoms with Gasteiger partial charge in [-0.25, -0.2) is 0 Å². The third-order valence-corrected chi connectivity index (χ3v) is 2.30. The van der Waals surface area contributed by atoms with Crippen molar-refractivity contribution in [3.05, 3.63) is 0 Å². The maximum atomic E-state index is 6.99. The molecule has 0 aliphatic rings. The SMILES string of the molecule is CCC(C)(C)SC(=N)N. The van der Waals surface area contributed by atoms with E-state index in [2.05, 4.69) is 20.8 Å². The minimum atomic E-state index is 0.131. The van der Waals surface area contributed by atoms with Crippen LogP contribution in [-0.2, 0) is 0 Å². The summed E-state index contributed by atoms with van der Waals surface area (Å²) in [4.78, 5) is 0. The van der Waals surface area contributed by atoms with Crippen LogP contribution >= 0.6 is 11.8 Å². The van der Waals surface area contributed by atoms with E-state index in [0.29, 0.717) is 0 Å². The summed E-state index contributed by atoms with van der Waals surface area (Å²) in [5.74, 6) is 0. The lowest BCUT2D eigenvalue weighted by atomic mass is 10.1. The Kier molecular flexibility index (Phi) is 3.04. The van der Waals surface area contributed by atoms with E-state index in [4.69, 9.17) is 11.1 Å². The van der Waals surface area contributed by atoms with Gasteiger partial charge in [-0.15, -0.1) is 0 Å². The molecule has 0 aliphatic heterocycles. The fourth-order valence-electron chi connectivity index (χ4n) is 0.370. The zero-order chi connectivity index (χ0) is 7.49. The van der Waals surface area contributed by atoms with Crippen molar-refractivity contribution < 1.29 is 0 Å². The van der Waals surface area contributed by atoms with Crippen molar-refractivity contribution in [1.29, 1.82) is 5.41 Å². The van der Waals surface area contributed by atoms with Gasteiger partial charge >= 0.3 is 0 Å². The minimum Gasteiger partial charge on any atom is -0.379 e. The number of hydrogen-bond acceptors (Lipinski definition) is 2. The van der Waals surface area contributed by atoms with Crippen molar-refractivity contribution >= 4 is 16.9 Å². The van der Waals surface area contributed by atoms with Crippen molar-refractivity contribution in [3.63, 3.8) is 0 Å². The van der Waals surface area contributed by atoms with E-state index in [1.807, 2.05) is 0 Å². The highest BCUT2D eigenvalue weighted by atomic mass is 32.2. The van der Waals surface area contributed by atoms with Crippen LogP contribution < -0.4 is 5.73 Å². The van der Waals surface area contributed by atoms with E-state index in [1.165, 1.54) is 11.8 Å². The van der Waals surface area contributed by atoms with Crippen molar-refractivity contribution in [3.8, 4) is 0 Å². The van der Waals surface area contributed by atoms with Gasteiger partial charge in [0.05, 0.1) is 0 Å². The van der Waals surface area contributed by atoms with Crippen LogP contribution in [0.2, 0.25) is 0 Å². The number of hydrogen-bond donors (Lipinski definition) is 2. The zero-order valence-corrected chi connectivity index (χ0v) is 7.01. The van der Waals surface area contributed by atoms with Crippen LogP contribution in [0.1, 0.15) is 27.2 Å². The van der Waals surface area contributed by atoms with Crippen molar-refractivity contribution in [1.82, 2.24) is 0 Å². The first-order valence-electron chi connectivity index (χ1n) is 3.01. The van der Waals surface area contributed by atoms with Crippen LogP contribution in [0.4, 0.5) is 0 Å². The molecule has 0 heterocycles. The minimum absolute atomic E-state index is 0.131. The van der Waals surface area contributed by atoms with Crippen LogP contribution in [0.3, 0.4) is 0 Å². The van der Waals surface area contributed by atoms with Crippen LogP contribution in [0.5, 0.6) is 0 Å². The lowest BCUT2D eigenvalue weighted by molar-refractivity contribution is 0.688. The van der Waals surface area contributed by atoms with Crippen molar-refractivity contribution in [2.75, 3.05) is 0 Å². The summed E-state index contributed by atoms with van der Waals surface area (Å²) in [5, 5.41) is 7.20. The molecule has 0 aromatic carbocycles. The molecule has 3 N–H and O–H groups in total. The first-order chi connectivity index (χ1) is 3.98. The fourth-order valence-corrected chi connectivity index (χ4v) is 1.11. The van der Waals surface area contributed by atoms with Gasteiger partial charge in [-0.2, -0.15) is 0 Å². The standard InChI is InChI=1S/C6H14N2S/c1-4-6(2,3)9-5(7)8/h4H2,1-3H3,(H3,7,8). The highest BCUT2D eigenvalue weighted by molar-refractivity contribution is 8.14. The van der Waals surface area contributed by atoms with Gasteiger partial charge in [0.15, 0.2) is 5.17 Å². The Morgan fingerprint density at radius 1 is 1.67 bits per heavy atom. The number of rotatable bonds is 2. The van der Waals surface area contributed by atoms with Crippen molar-refractivity contribution in [2.45, 2.75) is 31.9 Å². The highest BCUT2D eigenvalue weighted by Gasteiger charge is 2.16. The molecule has 0 unspecified atom stereocenters. The quantitative estimate of drug-likeness (QED) is 0.461. The average Bonchev–Trinajstić information content (AvgIpc) is 1.63. The molecule has 54 valence electrons. The lowest BCUT2D eigenvalue weighted by Crippen LogP contribution is -2.19. The summed E-state index contributed by atoms with van der Waals surface area (Å²) < 4.78 is 0.131. The van der Waals surface area contributed by atoms with Crippen molar-refractivity contribution in [2.24, 2.45) is 5.73 Å². The van der Waals surface area contributed by atoms with E-state index in [1.54, 1.807) is 0 Å². The molecule has 0 aliphatic carbocycles. The van der Waals surface area contributed by atoms with Gasteiger partial charge in [-0.1, -0.05) is 32.5 Å². The smallest absolute Gasteiger partial charge is 0.151 e. The number of nitrogens with two attached hydrogens (primary N) is 1. The maximum absolute atomic E-state index is 6.99. The van der Waals surface area contributed by atoms with Gasteiger partial charge in [0, 0.05) is 4.75 Å². The Morgan fingerprint density at radius 3 is 2.22 bits per heavy atom. The number of nitrogens with one attached hydrogen (secondary N) is 1. The number of thioether (sulfide) groups is 1. The Labute approximate surface area is 60.7 Å². The summed E-state index contributed by atoms with van der Waals surface area (Å²) >= 11 is 1.42. The van der Waals surface area contributed by atoms with Crippen LogP contribution in [0.25, 0.3) is 0 Å². The summed E-state index contributed by atoms with van der Waals surface area (Å²) in [6.07, 6.45) is 1.04. The molecule has 0 amide bonds. The normalized spacial score (nSPS) is 11.4. The van der Waals surface area contributed by atoms with Crippen LogP contribution in [0.15, 0.2) is 0 Å². The third-order valence-electron chi connectivity index (χ3n) is 1.24. The Bertz CT molecular complexity index is 110. The highest BCUT2D eigenvalue weighted by Crippen LogP contribution is 2.26. The molecule has 0 spiro atoms. The maximum Gasteiger partial charge on any atom is 0.151 e. The second-order valence-electron chi connectivity index (χ2n) is 2.58. The van der Waals surface area contributed by atoms with E-state index in [0.717, 1.165) is 6.42 Å². The molecular formula is C6H14N2S. The Balaban J connectivity index is 3.71. The predicted molar refractivity (Wildman–Crippen MR) is 43.9 cm³/mol. The summed E-state index contributed by atoms with van der Waals surface area (Å²) in [6.45, 7) is 6.26. The average molecular weight is 146 g/mol. The lowest BCUT2D eigenvalue weighted by Gasteiger charge is -2.19.